The number of pyridine rings is 1. The number of carbonyl (C=O) groups is 5. The number of halogens is 1. The molecule has 12 rings (SSSR count). The van der Waals surface area contributed by atoms with Gasteiger partial charge in [0, 0.05) is 124 Å². The first kappa shape index (κ1) is 46.0. The number of nitrogens with one attached hydrogen (secondary N) is 2. The molecule has 2 bridgehead atoms. The zero-order chi connectivity index (χ0) is 49.4. The normalized spacial score (nSPS) is 25.2. The van der Waals surface area contributed by atoms with E-state index in [9.17, 15) is 24.0 Å². The molecule has 0 aliphatic carbocycles. The molecule has 5 atom stereocenters. The molecule has 17 nitrogen and oxygen atoms in total. The molecule has 7 aliphatic rings. The highest BCUT2D eigenvalue weighted by atomic mass is 19.1. The molecule has 72 heavy (non-hydrogen) atoms. The lowest BCUT2D eigenvalue weighted by molar-refractivity contribution is -0.138. The van der Waals surface area contributed by atoms with Crippen molar-refractivity contribution in [3.05, 3.63) is 83.3 Å². The van der Waals surface area contributed by atoms with Crippen LogP contribution in [0.15, 0.2) is 60.8 Å². The van der Waals surface area contributed by atoms with Crippen LogP contribution in [-0.2, 0) is 14.4 Å². The van der Waals surface area contributed by atoms with E-state index in [1.165, 1.54) is 0 Å². The Hall–Kier alpha value is -7.07. The molecule has 6 fully saturated rings. The second kappa shape index (κ2) is 18.5. The summed E-state index contributed by atoms with van der Waals surface area (Å²) in [6, 6.07) is 16.7. The van der Waals surface area contributed by atoms with Crippen molar-refractivity contribution in [3.63, 3.8) is 0 Å². The van der Waals surface area contributed by atoms with Crippen LogP contribution in [-0.4, -0.2) is 167 Å². The van der Waals surface area contributed by atoms with Gasteiger partial charge in [-0.1, -0.05) is 36.3 Å². The minimum Gasteiger partial charge on any atom is -0.462 e. The minimum absolute atomic E-state index is 0.0628. The molecule has 5 aromatic rings. The van der Waals surface area contributed by atoms with E-state index >= 15 is 4.39 Å². The second-order valence-electron chi connectivity index (χ2n) is 20.5. The molecular formula is C54H56FN11O6. The molecule has 18 heteroatoms. The standard InChI is InChI=1S/C54H56FN11O6/c1-3-31-6-4-7-32-8-5-9-40(45(31)32)47-46(55)48-42(26-56-47)49(65-27-34-10-11-35(28-65)57-34)60-54(59-48)72-30-38-24-37(29-61(38)2)63-20-22-64(23-21-63)51(69)33-16-18-62(19-17-33)36-12-13-39-41(25-36)53(71)66(52(39)70)43-14-15-44(67)58-50(43)68/h1,4-9,12-13,25-26,33-35,37-38,43,57H,10-11,14-24,27-30H2,2H3,(H,58,67,68)/t34?,35?,37?,38-,43?/m0/s1. The molecule has 0 radical (unpaired) electrons. The molecule has 7 aliphatic heterocycles. The number of likely N-dealkylation sites (N-methyl/N-ethyl adjacent to an activating group) is 1. The maximum absolute atomic E-state index is 17.1. The van der Waals surface area contributed by atoms with Crippen LogP contribution in [0.25, 0.3) is 32.9 Å². The molecule has 2 N–H and O–H groups in total. The molecule has 0 spiro atoms. The van der Waals surface area contributed by atoms with Gasteiger partial charge in [-0.25, -0.2) is 4.39 Å². The van der Waals surface area contributed by atoms with Gasteiger partial charge in [-0.3, -0.25) is 49.0 Å². The highest BCUT2D eigenvalue weighted by Gasteiger charge is 2.45. The Morgan fingerprint density at radius 1 is 0.847 bits per heavy atom. The monoisotopic (exact) mass is 973 g/mol. The Bertz CT molecular complexity index is 3090. The zero-order valence-corrected chi connectivity index (χ0v) is 40.2. The van der Waals surface area contributed by atoms with Crippen LogP contribution in [0.5, 0.6) is 6.01 Å². The number of amides is 5. The van der Waals surface area contributed by atoms with Crippen molar-refractivity contribution in [1.29, 1.82) is 0 Å². The van der Waals surface area contributed by atoms with Gasteiger partial charge in [0.2, 0.25) is 17.7 Å². The number of benzene rings is 3. The number of ether oxygens (including phenoxy) is 1. The van der Waals surface area contributed by atoms with Gasteiger partial charge in [-0.15, -0.1) is 6.42 Å². The average molecular weight is 974 g/mol. The molecule has 9 heterocycles. The van der Waals surface area contributed by atoms with E-state index in [1.54, 1.807) is 18.3 Å². The zero-order valence-electron chi connectivity index (χ0n) is 40.2. The van der Waals surface area contributed by atoms with E-state index < -0.39 is 35.5 Å². The lowest BCUT2D eigenvalue weighted by atomic mass is 9.94. The van der Waals surface area contributed by atoms with Crippen molar-refractivity contribution in [2.75, 3.05) is 82.4 Å². The third kappa shape index (κ3) is 8.17. The number of anilines is 2. The van der Waals surface area contributed by atoms with Crippen LogP contribution in [0, 0.1) is 24.1 Å². The third-order valence-corrected chi connectivity index (χ3v) is 16.3. The van der Waals surface area contributed by atoms with Crippen LogP contribution in [0.2, 0.25) is 0 Å². The van der Waals surface area contributed by atoms with Crippen molar-refractivity contribution in [3.8, 4) is 29.6 Å². The third-order valence-electron chi connectivity index (χ3n) is 16.3. The molecule has 0 saturated carbocycles. The highest BCUT2D eigenvalue weighted by Crippen LogP contribution is 2.38. The second-order valence-corrected chi connectivity index (χ2v) is 20.5. The first-order chi connectivity index (χ1) is 35.0. The smallest absolute Gasteiger partial charge is 0.319 e. The number of hydrogen-bond donors (Lipinski definition) is 2. The Kier molecular flexibility index (Phi) is 11.8. The Labute approximate surface area is 416 Å². The van der Waals surface area contributed by atoms with Gasteiger partial charge in [-0.05, 0) is 75.2 Å². The fraction of sp³-hybridized carbons (Fsp3) is 0.444. The number of piperazine rings is 2. The molecule has 2 aromatic heterocycles. The van der Waals surface area contributed by atoms with Gasteiger partial charge in [-0.2, -0.15) is 9.97 Å². The van der Waals surface area contributed by atoms with Crippen LogP contribution in [0.3, 0.4) is 0 Å². The number of imide groups is 2. The molecule has 370 valence electrons. The summed E-state index contributed by atoms with van der Waals surface area (Å²) in [5.74, 6) is 0.800. The predicted octanol–water partition coefficient (Wildman–Crippen LogP) is 3.82. The lowest BCUT2D eigenvalue weighted by Gasteiger charge is -2.40. The molecule has 5 amide bonds. The molecule has 3 aromatic carbocycles. The fourth-order valence-electron chi connectivity index (χ4n) is 12.4. The first-order valence-corrected chi connectivity index (χ1v) is 25.3. The van der Waals surface area contributed by atoms with E-state index in [4.69, 9.17) is 26.1 Å². The van der Waals surface area contributed by atoms with Crippen molar-refractivity contribution in [2.45, 2.75) is 75.2 Å². The van der Waals surface area contributed by atoms with Crippen molar-refractivity contribution in [2.24, 2.45) is 5.92 Å². The summed E-state index contributed by atoms with van der Waals surface area (Å²) in [7, 11) is 2.10. The van der Waals surface area contributed by atoms with Crippen molar-refractivity contribution >= 4 is 62.7 Å². The summed E-state index contributed by atoms with van der Waals surface area (Å²) in [4.78, 5) is 91.4. The largest absolute Gasteiger partial charge is 0.462 e. The summed E-state index contributed by atoms with van der Waals surface area (Å²) in [5, 5.41) is 8.13. The number of rotatable bonds is 9. The van der Waals surface area contributed by atoms with Gasteiger partial charge in [0.1, 0.15) is 29.7 Å². The quantitative estimate of drug-likeness (QED) is 0.161. The summed E-state index contributed by atoms with van der Waals surface area (Å²) < 4.78 is 23.6. The van der Waals surface area contributed by atoms with Gasteiger partial charge >= 0.3 is 6.01 Å². The summed E-state index contributed by atoms with van der Waals surface area (Å²) >= 11 is 0. The van der Waals surface area contributed by atoms with Gasteiger partial charge in [0.05, 0.1) is 16.5 Å². The number of fused-ring (bicyclic) bond motifs is 5. The van der Waals surface area contributed by atoms with Crippen LogP contribution >= 0.6 is 0 Å². The Balaban J connectivity index is 0.677. The van der Waals surface area contributed by atoms with Crippen molar-refractivity contribution in [1.82, 2.24) is 45.2 Å². The topological polar surface area (TPSA) is 177 Å². The summed E-state index contributed by atoms with van der Waals surface area (Å²) in [6.07, 6.45) is 12.1. The van der Waals surface area contributed by atoms with Crippen LogP contribution in [0.4, 0.5) is 15.9 Å². The number of aromatic nitrogens is 3. The molecular weight excluding hydrogens is 918 g/mol. The lowest BCUT2D eigenvalue weighted by Crippen LogP contribution is -2.54. The van der Waals surface area contributed by atoms with E-state index in [2.05, 4.69) is 43.2 Å². The van der Waals surface area contributed by atoms with Gasteiger partial charge in [0.15, 0.2) is 5.82 Å². The van der Waals surface area contributed by atoms with Crippen molar-refractivity contribution < 1.29 is 33.1 Å². The van der Waals surface area contributed by atoms with E-state index in [0.29, 0.717) is 80.0 Å². The van der Waals surface area contributed by atoms with Crippen LogP contribution < -0.4 is 25.2 Å². The SMILES string of the molecule is C#Cc1cccc2cccc(-c3ncc4c(N5CC6CCC(C5)N6)nc(OC[C@@H]5CC(N6CCN(C(=O)C7CCN(c8ccc9c(c8)C(=O)N(C8CCC(=O)NC8=O)C9=O)CC7)CC6)CN5C)nc4c3F)c12. The Morgan fingerprint density at radius 2 is 1.60 bits per heavy atom. The van der Waals surface area contributed by atoms with E-state index in [0.717, 1.165) is 73.3 Å². The van der Waals surface area contributed by atoms with Crippen LogP contribution in [0.1, 0.15) is 71.2 Å². The number of hydrogen-bond acceptors (Lipinski definition) is 14. The average Bonchev–Trinajstić information content (AvgIpc) is 4.04. The number of piperidine rings is 2. The van der Waals surface area contributed by atoms with Gasteiger partial charge < -0.3 is 24.8 Å². The van der Waals surface area contributed by atoms with Gasteiger partial charge in [0.25, 0.3) is 11.8 Å². The van der Waals surface area contributed by atoms with E-state index in [-0.39, 0.29) is 65.1 Å². The number of nitrogens with zero attached hydrogens (tertiary/aromatic N) is 9. The fourth-order valence-corrected chi connectivity index (χ4v) is 12.4. The number of terminal acetylenes is 1. The van der Waals surface area contributed by atoms with E-state index in [1.807, 2.05) is 47.4 Å². The summed E-state index contributed by atoms with van der Waals surface area (Å²) in [5.41, 5.74) is 2.89. The molecule has 4 unspecified atom stereocenters. The number of carbonyl (C=O) groups excluding carboxylic acids is 5. The first-order valence-electron chi connectivity index (χ1n) is 25.3. The molecule has 6 saturated heterocycles. The predicted molar refractivity (Wildman–Crippen MR) is 267 cm³/mol. The highest BCUT2D eigenvalue weighted by molar-refractivity contribution is 6.23. The maximum Gasteiger partial charge on any atom is 0.319 e. The maximum atomic E-state index is 17.1. The summed E-state index contributed by atoms with van der Waals surface area (Å²) in [6.45, 7) is 6.76. The minimum atomic E-state index is -1.02. The number of likely N-dealkylation sites (tertiary alicyclic amines) is 1. The Morgan fingerprint density at radius 3 is 2.35 bits per heavy atom.